The van der Waals surface area contributed by atoms with E-state index >= 15 is 0 Å². The van der Waals surface area contributed by atoms with Gasteiger partial charge in [-0.1, -0.05) is 30.3 Å². The number of para-hydroxylation sites is 1. The summed E-state index contributed by atoms with van der Waals surface area (Å²) in [5, 5.41) is 14.0. The molecule has 1 aromatic heterocycles. The van der Waals surface area contributed by atoms with E-state index in [9.17, 15) is 32.3 Å². The Bertz CT molecular complexity index is 1510. The van der Waals surface area contributed by atoms with Crippen LogP contribution >= 0.6 is 0 Å². The molecule has 13 heteroatoms. The largest absolute Gasteiger partial charge is 0.465 e. The second kappa shape index (κ2) is 11.1. The van der Waals surface area contributed by atoms with E-state index in [1.807, 2.05) is 17.9 Å². The van der Waals surface area contributed by atoms with Gasteiger partial charge in [0.15, 0.2) is 5.82 Å². The lowest BCUT2D eigenvalue weighted by molar-refractivity contribution is -0.138. The van der Waals surface area contributed by atoms with Crippen molar-refractivity contribution in [2.45, 2.75) is 64.1 Å². The number of amides is 3. The number of carbonyl (C=O) groups is 2. The van der Waals surface area contributed by atoms with Crippen molar-refractivity contribution in [3.05, 3.63) is 76.7 Å². The number of aromatic nitrogens is 2. The molecule has 9 nitrogen and oxygen atoms in total. The van der Waals surface area contributed by atoms with E-state index < -0.39 is 23.9 Å². The number of halogens is 4. The van der Waals surface area contributed by atoms with E-state index in [0.29, 0.717) is 50.1 Å². The molecule has 2 aromatic carbocycles. The van der Waals surface area contributed by atoms with E-state index in [1.54, 1.807) is 21.8 Å². The van der Waals surface area contributed by atoms with Crippen molar-refractivity contribution in [1.82, 2.24) is 19.6 Å². The SMILES string of the molecule is Cc1cccc(F)c1N1CCC(N2Cc3cn(C[C@H]4CCN4C(=O)O)nc3N(Cc3ccccc3C(F)(F)F)C2=O)CC1. The molecule has 3 amide bonds. The molecule has 0 aliphatic carbocycles. The van der Waals surface area contributed by atoms with E-state index in [4.69, 9.17) is 0 Å². The molecule has 0 radical (unpaired) electrons. The molecule has 4 heterocycles. The molecule has 1 atom stereocenters. The molecule has 2 saturated heterocycles. The van der Waals surface area contributed by atoms with Gasteiger partial charge in [-0.3, -0.25) is 9.58 Å². The average Bonchev–Trinajstić information content (AvgIpc) is 3.35. The number of urea groups is 1. The lowest BCUT2D eigenvalue weighted by atomic mass is 10.00. The zero-order valence-electron chi connectivity index (χ0n) is 23.6. The van der Waals surface area contributed by atoms with Crippen LogP contribution in [0.5, 0.6) is 0 Å². The Labute approximate surface area is 245 Å². The maximum absolute atomic E-state index is 14.6. The molecule has 228 valence electrons. The predicted octanol–water partition coefficient (Wildman–Crippen LogP) is 5.71. The third kappa shape index (κ3) is 5.48. The second-order valence-corrected chi connectivity index (χ2v) is 11.4. The quantitative estimate of drug-likeness (QED) is 0.367. The third-order valence-electron chi connectivity index (χ3n) is 8.74. The van der Waals surface area contributed by atoms with Crippen LogP contribution in [0.4, 0.5) is 38.7 Å². The van der Waals surface area contributed by atoms with Gasteiger partial charge in [-0.05, 0) is 49.4 Å². The number of benzene rings is 2. The molecule has 0 spiro atoms. The Morgan fingerprint density at radius 1 is 1.05 bits per heavy atom. The van der Waals surface area contributed by atoms with Crippen molar-refractivity contribution >= 4 is 23.6 Å². The van der Waals surface area contributed by atoms with Crippen LogP contribution in [-0.4, -0.2) is 68.5 Å². The summed E-state index contributed by atoms with van der Waals surface area (Å²) in [4.78, 5) is 31.8. The second-order valence-electron chi connectivity index (χ2n) is 11.4. The average molecular weight is 601 g/mol. The van der Waals surface area contributed by atoms with Crippen LogP contribution in [0.3, 0.4) is 0 Å². The van der Waals surface area contributed by atoms with Gasteiger partial charge in [0.05, 0.1) is 36.9 Å². The Hall–Kier alpha value is -4.29. The molecule has 6 rings (SSSR count). The number of alkyl halides is 3. The first-order chi connectivity index (χ1) is 20.5. The highest BCUT2D eigenvalue weighted by Gasteiger charge is 2.41. The van der Waals surface area contributed by atoms with Crippen LogP contribution in [0.25, 0.3) is 0 Å². The van der Waals surface area contributed by atoms with Crippen molar-refractivity contribution in [3.63, 3.8) is 0 Å². The van der Waals surface area contributed by atoms with Gasteiger partial charge in [0, 0.05) is 37.4 Å². The monoisotopic (exact) mass is 600 g/mol. The normalized spacial score (nSPS) is 19.5. The molecule has 43 heavy (non-hydrogen) atoms. The van der Waals surface area contributed by atoms with Gasteiger partial charge in [0.1, 0.15) is 5.82 Å². The van der Waals surface area contributed by atoms with Crippen molar-refractivity contribution in [1.29, 1.82) is 0 Å². The summed E-state index contributed by atoms with van der Waals surface area (Å²) in [6, 6.07) is 9.22. The molecular weight excluding hydrogens is 568 g/mol. The number of hydrogen-bond donors (Lipinski definition) is 1. The number of fused-ring (bicyclic) bond motifs is 1. The summed E-state index contributed by atoms with van der Waals surface area (Å²) in [6.07, 6.45) is -2.06. The highest BCUT2D eigenvalue weighted by Crippen LogP contribution is 2.37. The van der Waals surface area contributed by atoms with Crippen LogP contribution < -0.4 is 9.80 Å². The highest BCUT2D eigenvalue weighted by atomic mass is 19.4. The molecule has 0 saturated carbocycles. The topological polar surface area (TPSA) is 85.2 Å². The standard InChI is InChI=1S/C30H32F4N6O3/c1-19-5-4-8-25(31)26(19)36-12-9-22(10-13-36)39-17-21-15-37(18-23-11-14-38(23)29(42)43)35-27(21)40(28(39)41)16-20-6-2-3-7-24(20)30(32,33)34/h2-8,15,22-23H,9-14,16-18H2,1H3,(H,42,43)/t23-/m1/s1. The maximum Gasteiger partial charge on any atom is 0.416 e. The summed E-state index contributed by atoms with van der Waals surface area (Å²) in [6.45, 7) is 3.50. The number of nitrogens with zero attached hydrogens (tertiary/aromatic N) is 6. The number of rotatable bonds is 6. The number of carbonyl (C=O) groups excluding carboxylic acids is 1. The zero-order valence-corrected chi connectivity index (χ0v) is 23.6. The number of hydrogen-bond acceptors (Lipinski definition) is 4. The van der Waals surface area contributed by atoms with Crippen molar-refractivity contribution < 1.29 is 32.3 Å². The molecular formula is C30H32F4N6O3. The summed E-state index contributed by atoms with van der Waals surface area (Å²) in [5.41, 5.74) is 1.18. The van der Waals surface area contributed by atoms with Gasteiger partial charge in [0.25, 0.3) is 0 Å². The van der Waals surface area contributed by atoms with E-state index in [2.05, 4.69) is 5.10 Å². The van der Waals surface area contributed by atoms with Gasteiger partial charge >= 0.3 is 18.3 Å². The smallest absolute Gasteiger partial charge is 0.416 e. The van der Waals surface area contributed by atoms with Crippen LogP contribution in [0.2, 0.25) is 0 Å². The van der Waals surface area contributed by atoms with Gasteiger partial charge in [0.2, 0.25) is 0 Å². The molecule has 3 aromatic rings. The van der Waals surface area contributed by atoms with Gasteiger partial charge in [-0.2, -0.15) is 18.3 Å². The lowest BCUT2D eigenvalue weighted by Gasteiger charge is -2.43. The Kier molecular flexibility index (Phi) is 7.43. The molecule has 3 aliphatic rings. The van der Waals surface area contributed by atoms with Crippen molar-refractivity contribution in [3.8, 4) is 0 Å². The third-order valence-corrected chi connectivity index (χ3v) is 8.74. The molecule has 0 unspecified atom stereocenters. The van der Waals surface area contributed by atoms with Gasteiger partial charge < -0.3 is 19.8 Å². The summed E-state index contributed by atoms with van der Waals surface area (Å²) in [5.74, 6) is -0.0224. The van der Waals surface area contributed by atoms with Crippen LogP contribution in [0.15, 0.2) is 48.7 Å². The van der Waals surface area contributed by atoms with Crippen molar-refractivity contribution in [2.75, 3.05) is 29.4 Å². The number of piperidine rings is 1. The number of anilines is 2. The summed E-state index contributed by atoms with van der Waals surface area (Å²) < 4.78 is 57.9. The van der Waals surface area contributed by atoms with Gasteiger partial charge in [-0.25, -0.2) is 14.0 Å². The minimum absolute atomic E-state index is 0.0495. The molecule has 0 bridgehead atoms. The van der Waals surface area contributed by atoms with Crippen LogP contribution in [0, 0.1) is 12.7 Å². The maximum atomic E-state index is 14.6. The Morgan fingerprint density at radius 3 is 2.44 bits per heavy atom. The van der Waals surface area contributed by atoms with Gasteiger partial charge in [-0.15, -0.1) is 0 Å². The Balaban J connectivity index is 1.28. The first-order valence-corrected chi connectivity index (χ1v) is 14.3. The van der Waals surface area contributed by atoms with E-state index in [1.165, 1.54) is 34.1 Å². The minimum Gasteiger partial charge on any atom is -0.465 e. The first kappa shape index (κ1) is 28.8. The summed E-state index contributed by atoms with van der Waals surface area (Å²) in [7, 11) is 0. The van der Waals surface area contributed by atoms with E-state index in [0.717, 1.165) is 11.6 Å². The molecule has 2 fully saturated rings. The Morgan fingerprint density at radius 2 is 1.79 bits per heavy atom. The fraction of sp³-hybridized carbons (Fsp3) is 0.433. The number of likely N-dealkylation sites (tertiary alicyclic amines) is 1. The van der Waals surface area contributed by atoms with Crippen LogP contribution in [-0.2, 0) is 25.8 Å². The fourth-order valence-corrected chi connectivity index (χ4v) is 6.44. The summed E-state index contributed by atoms with van der Waals surface area (Å²) >= 11 is 0. The molecule has 1 N–H and O–H groups in total. The zero-order chi connectivity index (χ0) is 30.5. The highest BCUT2D eigenvalue weighted by molar-refractivity contribution is 5.94. The number of carboxylic acid groups (broad SMARTS) is 1. The minimum atomic E-state index is -4.60. The predicted molar refractivity (Wildman–Crippen MR) is 150 cm³/mol. The number of aryl methyl sites for hydroxylation is 1. The van der Waals surface area contributed by atoms with Crippen molar-refractivity contribution in [2.24, 2.45) is 0 Å². The molecule has 3 aliphatic heterocycles. The lowest BCUT2D eigenvalue weighted by Crippen LogP contribution is -2.54. The van der Waals surface area contributed by atoms with E-state index in [-0.39, 0.29) is 48.9 Å². The van der Waals surface area contributed by atoms with Crippen LogP contribution in [0.1, 0.15) is 41.5 Å². The first-order valence-electron chi connectivity index (χ1n) is 14.3. The fourth-order valence-electron chi connectivity index (χ4n) is 6.44.